The summed E-state index contributed by atoms with van der Waals surface area (Å²) in [5.41, 5.74) is -1.03. The zero-order chi connectivity index (χ0) is 27.6. The van der Waals surface area contributed by atoms with Gasteiger partial charge in [-0.25, -0.2) is 0 Å². The van der Waals surface area contributed by atoms with Crippen molar-refractivity contribution in [1.29, 1.82) is 0 Å². The Labute approximate surface area is 229 Å². The zero-order valence-corrected chi connectivity index (χ0v) is 23.0. The number of hydrogen-bond acceptors (Lipinski definition) is 8. The Hall–Kier alpha value is -2.53. The average molecular weight is 544 g/mol. The second-order valence-corrected chi connectivity index (χ2v) is 11.1. The quantitative estimate of drug-likeness (QED) is 0.393. The standard InChI is InChI=1S/C29H41N3O7/c1-3-28-10-11-29(39-28)22(23(28)27(36)38-4-2)26(35)32(21(19-33)18-20-8-6-5-7-9-20)24(29)25(34)30-12-13-31-14-16-37-17-15-31/h5-9,21-24,33H,3-4,10-19H2,1-2H3,(H,30,34)/t21-,22+,23+,24?,28-,29?/m1/s1. The summed E-state index contributed by atoms with van der Waals surface area (Å²) in [5.74, 6) is -2.68. The number of ether oxygens (including phenoxy) is 3. The molecule has 1 aromatic carbocycles. The number of fused-ring (bicyclic) bond motifs is 1. The lowest BCUT2D eigenvalue weighted by Crippen LogP contribution is -2.59. The number of nitrogens with one attached hydrogen (secondary N) is 1. The van der Waals surface area contributed by atoms with Crippen molar-refractivity contribution in [2.24, 2.45) is 11.8 Å². The number of rotatable bonds is 11. The summed E-state index contributed by atoms with van der Waals surface area (Å²) in [6.07, 6.45) is 1.99. The number of aliphatic hydroxyl groups excluding tert-OH is 1. The summed E-state index contributed by atoms with van der Waals surface area (Å²) >= 11 is 0. The first-order valence-corrected chi connectivity index (χ1v) is 14.3. The maximum atomic E-state index is 14.3. The summed E-state index contributed by atoms with van der Waals surface area (Å²) in [7, 11) is 0. The lowest BCUT2D eigenvalue weighted by atomic mass is 9.65. The van der Waals surface area contributed by atoms with E-state index in [0.29, 0.717) is 52.0 Å². The monoisotopic (exact) mass is 543 g/mol. The van der Waals surface area contributed by atoms with Gasteiger partial charge in [0.15, 0.2) is 0 Å². The Bertz CT molecular complexity index is 1050. The van der Waals surface area contributed by atoms with Crippen LogP contribution >= 0.6 is 0 Å². The molecule has 6 atom stereocenters. The van der Waals surface area contributed by atoms with Crippen LogP contribution in [0.5, 0.6) is 0 Å². The van der Waals surface area contributed by atoms with Gasteiger partial charge in [-0.2, -0.15) is 0 Å². The van der Waals surface area contributed by atoms with E-state index in [1.54, 1.807) is 6.92 Å². The maximum absolute atomic E-state index is 14.3. The largest absolute Gasteiger partial charge is 0.466 e. The number of benzene rings is 1. The van der Waals surface area contributed by atoms with E-state index in [0.717, 1.165) is 18.7 Å². The molecule has 4 saturated heterocycles. The SMILES string of the molecule is CCOC(=O)[C@@H]1[C@H]2C(=O)N([C@@H](CO)Cc3ccccc3)C(C(=O)NCCN3CCOCC3)C23CC[C@@]1(CC)O3. The fraction of sp³-hybridized carbons (Fsp3) is 0.690. The van der Waals surface area contributed by atoms with Gasteiger partial charge >= 0.3 is 5.97 Å². The molecule has 4 aliphatic heterocycles. The van der Waals surface area contributed by atoms with Gasteiger partial charge in [-0.1, -0.05) is 37.3 Å². The lowest BCUT2D eigenvalue weighted by Gasteiger charge is -2.37. The second-order valence-electron chi connectivity index (χ2n) is 11.1. The van der Waals surface area contributed by atoms with Crippen molar-refractivity contribution in [2.75, 3.05) is 52.6 Å². The molecule has 2 bridgehead atoms. The number of carbonyl (C=O) groups excluding carboxylic acids is 3. The van der Waals surface area contributed by atoms with E-state index in [1.807, 2.05) is 37.3 Å². The normalized spacial score (nSPS) is 32.7. The number of aliphatic hydroxyl groups is 1. The highest BCUT2D eigenvalue weighted by Gasteiger charge is 2.79. The smallest absolute Gasteiger partial charge is 0.312 e. The van der Waals surface area contributed by atoms with Gasteiger partial charge in [0.25, 0.3) is 0 Å². The number of carbonyl (C=O) groups is 3. The summed E-state index contributed by atoms with van der Waals surface area (Å²) in [6, 6.07) is 8.01. The molecule has 0 saturated carbocycles. The fourth-order valence-corrected chi connectivity index (χ4v) is 7.34. The molecule has 4 fully saturated rings. The average Bonchev–Trinajstić information content (AvgIpc) is 3.56. The van der Waals surface area contributed by atoms with E-state index in [9.17, 15) is 19.5 Å². The Morgan fingerprint density at radius 3 is 2.59 bits per heavy atom. The number of hydrogen-bond donors (Lipinski definition) is 2. The van der Waals surface area contributed by atoms with Gasteiger partial charge in [0.1, 0.15) is 17.6 Å². The number of morpholine rings is 1. The topological polar surface area (TPSA) is 118 Å². The maximum Gasteiger partial charge on any atom is 0.312 e. The number of likely N-dealkylation sites (tertiary alicyclic amines) is 1. The Morgan fingerprint density at radius 2 is 1.92 bits per heavy atom. The van der Waals surface area contributed by atoms with E-state index in [1.165, 1.54) is 4.90 Å². The first-order chi connectivity index (χ1) is 18.9. The Kier molecular flexibility index (Phi) is 8.28. The van der Waals surface area contributed by atoms with Crippen LogP contribution in [0.15, 0.2) is 30.3 Å². The third kappa shape index (κ3) is 4.85. The molecule has 4 aliphatic rings. The molecule has 0 aliphatic carbocycles. The molecule has 1 aromatic rings. The van der Waals surface area contributed by atoms with Gasteiger partial charge < -0.3 is 29.5 Å². The van der Waals surface area contributed by atoms with Crippen molar-refractivity contribution in [1.82, 2.24) is 15.1 Å². The van der Waals surface area contributed by atoms with E-state index >= 15 is 0 Å². The van der Waals surface area contributed by atoms with Gasteiger partial charge in [0.2, 0.25) is 11.8 Å². The van der Waals surface area contributed by atoms with Crippen molar-refractivity contribution >= 4 is 17.8 Å². The van der Waals surface area contributed by atoms with Crippen LogP contribution in [0.1, 0.15) is 38.7 Å². The molecule has 0 aromatic heterocycles. The van der Waals surface area contributed by atoms with Crippen LogP contribution in [-0.4, -0.2) is 109 Å². The van der Waals surface area contributed by atoms with Crippen molar-refractivity contribution in [3.05, 3.63) is 35.9 Å². The van der Waals surface area contributed by atoms with Crippen molar-refractivity contribution < 1.29 is 33.7 Å². The fourth-order valence-electron chi connectivity index (χ4n) is 7.34. The van der Waals surface area contributed by atoms with Crippen LogP contribution in [-0.2, 0) is 35.0 Å². The van der Waals surface area contributed by atoms with Gasteiger partial charge in [-0.05, 0) is 38.2 Å². The first-order valence-electron chi connectivity index (χ1n) is 14.3. The molecule has 39 heavy (non-hydrogen) atoms. The van der Waals surface area contributed by atoms with Crippen molar-refractivity contribution in [3.63, 3.8) is 0 Å². The molecule has 1 spiro atoms. The molecular weight excluding hydrogens is 502 g/mol. The highest BCUT2D eigenvalue weighted by Crippen LogP contribution is 2.64. The number of amides is 2. The molecule has 2 unspecified atom stereocenters. The predicted octanol–water partition coefficient (Wildman–Crippen LogP) is 0.756. The van der Waals surface area contributed by atoms with Gasteiger partial charge in [0.05, 0.1) is 44.0 Å². The molecule has 5 rings (SSSR count). The molecule has 0 radical (unpaired) electrons. The van der Waals surface area contributed by atoms with Crippen LogP contribution in [0, 0.1) is 11.8 Å². The zero-order valence-electron chi connectivity index (χ0n) is 23.0. The van der Waals surface area contributed by atoms with Crippen LogP contribution in [0.2, 0.25) is 0 Å². The summed E-state index contributed by atoms with van der Waals surface area (Å²) < 4.78 is 17.6. The van der Waals surface area contributed by atoms with Crippen molar-refractivity contribution in [2.45, 2.75) is 62.8 Å². The van der Waals surface area contributed by atoms with Gasteiger partial charge in [-0.15, -0.1) is 0 Å². The molecule has 4 heterocycles. The summed E-state index contributed by atoms with van der Waals surface area (Å²) in [5, 5.41) is 13.6. The van der Waals surface area contributed by atoms with Crippen LogP contribution in [0.25, 0.3) is 0 Å². The van der Waals surface area contributed by atoms with Crippen LogP contribution < -0.4 is 5.32 Å². The van der Waals surface area contributed by atoms with E-state index in [4.69, 9.17) is 14.2 Å². The van der Waals surface area contributed by atoms with Crippen LogP contribution in [0.3, 0.4) is 0 Å². The highest BCUT2D eigenvalue weighted by molar-refractivity contribution is 5.98. The summed E-state index contributed by atoms with van der Waals surface area (Å²) in [6.45, 7) is 7.63. The minimum Gasteiger partial charge on any atom is -0.466 e. The highest BCUT2D eigenvalue weighted by atomic mass is 16.6. The van der Waals surface area contributed by atoms with E-state index in [-0.39, 0.29) is 25.0 Å². The van der Waals surface area contributed by atoms with E-state index in [2.05, 4.69) is 10.2 Å². The summed E-state index contributed by atoms with van der Waals surface area (Å²) in [4.78, 5) is 45.4. The number of nitrogens with zero attached hydrogens (tertiary/aromatic N) is 2. The molecule has 214 valence electrons. The van der Waals surface area contributed by atoms with Crippen LogP contribution in [0.4, 0.5) is 0 Å². The third-order valence-corrected chi connectivity index (χ3v) is 9.16. The van der Waals surface area contributed by atoms with Gasteiger partial charge in [0, 0.05) is 26.2 Å². The Balaban J connectivity index is 1.47. The predicted molar refractivity (Wildman–Crippen MR) is 142 cm³/mol. The van der Waals surface area contributed by atoms with Crippen molar-refractivity contribution in [3.8, 4) is 0 Å². The molecule has 10 nitrogen and oxygen atoms in total. The third-order valence-electron chi connectivity index (χ3n) is 9.16. The second kappa shape index (κ2) is 11.5. The Morgan fingerprint density at radius 1 is 1.18 bits per heavy atom. The lowest BCUT2D eigenvalue weighted by molar-refractivity contribution is -0.161. The molecular formula is C29H41N3O7. The van der Waals surface area contributed by atoms with E-state index < -0.39 is 41.1 Å². The molecule has 2 amide bonds. The molecule has 10 heteroatoms. The molecule has 2 N–H and O–H groups in total. The minimum atomic E-state index is -1.14. The number of esters is 1. The minimum absolute atomic E-state index is 0.200. The van der Waals surface area contributed by atoms with Gasteiger partial charge in [-0.3, -0.25) is 19.3 Å². The first kappa shape index (κ1) is 28.0.